The van der Waals surface area contributed by atoms with Crippen LogP contribution >= 0.6 is 0 Å². The smallest absolute Gasteiger partial charge is 0.0317 e. The number of benzene rings is 1. The molecule has 0 saturated carbocycles. The van der Waals surface area contributed by atoms with E-state index in [9.17, 15) is 0 Å². The molecule has 20 heavy (non-hydrogen) atoms. The predicted octanol–water partition coefficient (Wildman–Crippen LogP) is 4.71. The van der Waals surface area contributed by atoms with Crippen molar-refractivity contribution in [2.24, 2.45) is 0 Å². The zero-order valence-corrected chi connectivity index (χ0v) is 13.3. The Morgan fingerprint density at radius 3 is 2.40 bits per heavy atom. The van der Waals surface area contributed by atoms with Crippen LogP contribution in [0, 0.1) is 13.8 Å². The molecule has 1 aliphatic rings. The number of aryl methyl sites for hydroxylation is 2. The topological polar surface area (TPSA) is 12.0 Å². The number of hydrogen-bond acceptors (Lipinski definition) is 1. The molecule has 0 bridgehead atoms. The predicted molar refractivity (Wildman–Crippen MR) is 88.3 cm³/mol. The van der Waals surface area contributed by atoms with Crippen LogP contribution in [0.3, 0.4) is 0 Å². The van der Waals surface area contributed by atoms with Crippen LogP contribution in [0.2, 0.25) is 0 Å². The molecule has 0 spiro atoms. The van der Waals surface area contributed by atoms with Crippen molar-refractivity contribution in [3.05, 3.63) is 46.5 Å². The molecule has 1 N–H and O–H groups in total. The minimum atomic E-state index is 0.509. The lowest BCUT2D eigenvalue weighted by Crippen LogP contribution is -2.30. The molecule has 1 nitrogen and oxygen atoms in total. The van der Waals surface area contributed by atoms with Crippen LogP contribution in [0.4, 0.5) is 0 Å². The lowest BCUT2D eigenvalue weighted by Gasteiger charge is -2.22. The van der Waals surface area contributed by atoms with E-state index in [0.717, 1.165) is 6.42 Å². The maximum atomic E-state index is 3.54. The fraction of sp³-hybridized carbons (Fsp3) is 0.579. The van der Waals surface area contributed by atoms with Crippen molar-refractivity contribution < 1.29 is 0 Å². The van der Waals surface area contributed by atoms with Gasteiger partial charge in [-0.3, -0.25) is 0 Å². The lowest BCUT2D eigenvalue weighted by atomic mass is 9.90. The van der Waals surface area contributed by atoms with Gasteiger partial charge in [0.1, 0.15) is 0 Å². The number of likely N-dealkylation sites (N-methyl/N-ethyl adjacent to an activating group) is 1. The number of allylic oxidation sites excluding steroid dienone is 1. The second kappa shape index (κ2) is 7.64. The number of nitrogens with one attached hydrogen (secondary N) is 1. The number of rotatable bonds is 4. The summed E-state index contributed by atoms with van der Waals surface area (Å²) in [6.45, 7) is 4.39. The van der Waals surface area contributed by atoms with Crippen LogP contribution < -0.4 is 5.32 Å². The molecule has 1 atom stereocenters. The highest BCUT2D eigenvalue weighted by Crippen LogP contribution is 2.22. The van der Waals surface area contributed by atoms with Crippen LogP contribution in [-0.4, -0.2) is 13.1 Å². The van der Waals surface area contributed by atoms with Crippen LogP contribution in [0.5, 0.6) is 0 Å². The summed E-state index contributed by atoms with van der Waals surface area (Å²) in [7, 11) is 2.10. The van der Waals surface area contributed by atoms with E-state index in [4.69, 9.17) is 0 Å². The minimum Gasteiger partial charge on any atom is -0.313 e. The van der Waals surface area contributed by atoms with Crippen molar-refractivity contribution in [3.63, 3.8) is 0 Å². The summed E-state index contributed by atoms with van der Waals surface area (Å²) >= 11 is 0. The van der Waals surface area contributed by atoms with Crippen molar-refractivity contribution in [1.29, 1.82) is 0 Å². The van der Waals surface area contributed by atoms with Crippen LogP contribution in [0.15, 0.2) is 29.8 Å². The first-order valence-electron chi connectivity index (χ1n) is 8.12. The van der Waals surface area contributed by atoms with Gasteiger partial charge in [0.05, 0.1) is 0 Å². The van der Waals surface area contributed by atoms with E-state index in [0.29, 0.717) is 6.04 Å². The van der Waals surface area contributed by atoms with E-state index in [1.807, 2.05) is 0 Å². The molecule has 1 aromatic rings. The highest BCUT2D eigenvalue weighted by atomic mass is 14.9. The van der Waals surface area contributed by atoms with E-state index in [-0.39, 0.29) is 0 Å². The Balaban J connectivity index is 2.10. The first-order chi connectivity index (χ1) is 9.69. The molecule has 1 unspecified atom stereocenters. The fourth-order valence-corrected chi connectivity index (χ4v) is 3.37. The highest BCUT2D eigenvalue weighted by Gasteiger charge is 2.14. The molecule has 0 aromatic heterocycles. The normalized spacial score (nSPS) is 20.6. The maximum absolute atomic E-state index is 3.54. The molecule has 110 valence electrons. The molecular formula is C19H29N. The fourth-order valence-electron chi connectivity index (χ4n) is 3.37. The Labute approximate surface area is 124 Å². The van der Waals surface area contributed by atoms with Gasteiger partial charge >= 0.3 is 0 Å². The van der Waals surface area contributed by atoms with Gasteiger partial charge in [0.2, 0.25) is 0 Å². The third-order valence-electron chi connectivity index (χ3n) is 4.34. The van der Waals surface area contributed by atoms with Gasteiger partial charge in [-0.1, -0.05) is 53.8 Å². The first-order valence-corrected chi connectivity index (χ1v) is 8.12. The third-order valence-corrected chi connectivity index (χ3v) is 4.34. The Morgan fingerprint density at radius 1 is 1.00 bits per heavy atom. The molecular weight excluding hydrogens is 242 g/mol. The molecule has 2 rings (SSSR count). The SMILES string of the molecule is CNC(Cc1cc(C)cc(C)c1)/C1=C/CCCCCC1. The van der Waals surface area contributed by atoms with Gasteiger partial charge in [0, 0.05) is 6.04 Å². The van der Waals surface area contributed by atoms with E-state index in [1.165, 1.54) is 55.2 Å². The largest absolute Gasteiger partial charge is 0.313 e. The molecule has 1 aromatic carbocycles. The molecule has 1 heteroatoms. The van der Waals surface area contributed by atoms with E-state index in [1.54, 1.807) is 5.57 Å². The van der Waals surface area contributed by atoms with Gasteiger partial charge in [0.15, 0.2) is 0 Å². The van der Waals surface area contributed by atoms with Crippen LogP contribution in [0.1, 0.15) is 55.2 Å². The van der Waals surface area contributed by atoms with Gasteiger partial charge in [-0.15, -0.1) is 0 Å². The van der Waals surface area contributed by atoms with Gasteiger partial charge in [-0.2, -0.15) is 0 Å². The first kappa shape index (κ1) is 15.3. The molecule has 0 saturated heterocycles. The van der Waals surface area contributed by atoms with Crippen LogP contribution in [-0.2, 0) is 6.42 Å². The van der Waals surface area contributed by atoms with Crippen molar-refractivity contribution in [3.8, 4) is 0 Å². The van der Waals surface area contributed by atoms with Gasteiger partial charge in [-0.25, -0.2) is 0 Å². The van der Waals surface area contributed by atoms with E-state index >= 15 is 0 Å². The van der Waals surface area contributed by atoms with Gasteiger partial charge in [0.25, 0.3) is 0 Å². The zero-order chi connectivity index (χ0) is 14.4. The molecule has 0 amide bonds. The second-order valence-corrected chi connectivity index (χ2v) is 6.27. The highest BCUT2D eigenvalue weighted by molar-refractivity contribution is 5.30. The Bertz CT molecular complexity index is 439. The standard InChI is InChI=1S/C19H29N/c1-15-11-16(2)13-17(12-15)14-19(20-3)18-9-7-5-4-6-8-10-18/h9,11-13,19-20H,4-8,10,14H2,1-3H3/b18-9+. The number of hydrogen-bond donors (Lipinski definition) is 1. The van der Waals surface area contributed by atoms with Crippen molar-refractivity contribution >= 4 is 0 Å². The molecule has 0 fully saturated rings. The summed E-state index contributed by atoms with van der Waals surface area (Å²) in [6, 6.07) is 7.43. The monoisotopic (exact) mass is 271 g/mol. The lowest BCUT2D eigenvalue weighted by molar-refractivity contribution is 0.557. The van der Waals surface area contributed by atoms with Gasteiger partial charge < -0.3 is 5.32 Å². The summed E-state index contributed by atoms with van der Waals surface area (Å²) in [5, 5.41) is 3.54. The average molecular weight is 271 g/mol. The Kier molecular flexibility index (Phi) is 5.85. The zero-order valence-electron chi connectivity index (χ0n) is 13.3. The van der Waals surface area contributed by atoms with Crippen molar-refractivity contribution in [2.75, 3.05) is 7.05 Å². The van der Waals surface area contributed by atoms with E-state index in [2.05, 4.69) is 50.5 Å². The molecule has 0 aliphatic heterocycles. The molecule has 1 aliphatic carbocycles. The summed E-state index contributed by atoms with van der Waals surface area (Å²) in [5.74, 6) is 0. The summed E-state index contributed by atoms with van der Waals surface area (Å²) in [5.41, 5.74) is 5.85. The van der Waals surface area contributed by atoms with E-state index < -0.39 is 0 Å². The van der Waals surface area contributed by atoms with Crippen molar-refractivity contribution in [1.82, 2.24) is 5.32 Å². The Morgan fingerprint density at radius 2 is 1.70 bits per heavy atom. The second-order valence-electron chi connectivity index (χ2n) is 6.27. The van der Waals surface area contributed by atoms with Crippen molar-refractivity contribution in [2.45, 2.75) is 64.8 Å². The third kappa shape index (κ3) is 4.49. The summed E-state index contributed by atoms with van der Waals surface area (Å²) in [6.07, 6.45) is 11.7. The molecule has 0 radical (unpaired) electrons. The summed E-state index contributed by atoms with van der Waals surface area (Å²) < 4.78 is 0. The Hall–Kier alpha value is -1.08. The minimum absolute atomic E-state index is 0.509. The summed E-state index contributed by atoms with van der Waals surface area (Å²) in [4.78, 5) is 0. The molecule has 0 heterocycles. The average Bonchev–Trinajstić information content (AvgIpc) is 2.35. The van der Waals surface area contributed by atoms with Gasteiger partial charge in [-0.05, 0) is 58.6 Å². The van der Waals surface area contributed by atoms with Crippen LogP contribution in [0.25, 0.3) is 0 Å². The maximum Gasteiger partial charge on any atom is 0.0317 e. The quantitative estimate of drug-likeness (QED) is 0.782.